The van der Waals surface area contributed by atoms with Crippen molar-refractivity contribution in [2.75, 3.05) is 6.54 Å². The summed E-state index contributed by atoms with van der Waals surface area (Å²) >= 11 is 0. The summed E-state index contributed by atoms with van der Waals surface area (Å²) in [5, 5.41) is 3.46. The van der Waals surface area contributed by atoms with Gasteiger partial charge in [0.1, 0.15) is 0 Å². The smallest absolute Gasteiger partial charge is 0.0772 e. The Morgan fingerprint density at radius 3 is 2.53 bits per heavy atom. The summed E-state index contributed by atoms with van der Waals surface area (Å²) in [6.07, 6.45) is 8.70. The molecule has 0 saturated heterocycles. The Morgan fingerprint density at radius 2 is 2.13 bits per heavy atom. The monoisotopic (exact) mass is 207 g/mol. The lowest BCUT2D eigenvalue weighted by Gasteiger charge is -2.26. The van der Waals surface area contributed by atoms with Gasteiger partial charge in [-0.3, -0.25) is 0 Å². The zero-order valence-corrected chi connectivity index (χ0v) is 10.7. The molecular weight excluding hydrogens is 182 g/mol. The van der Waals surface area contributed by atoms with Crippen LogP contribution in [-0.4, -0.2) is 12.1 Å². The Kier molecular flexibility index (Phi) is 6.36. The van der Waals surface area contributed by atoms with Crippen LogP contribution in [-0.2, 0) is 0 Å². The third-order valence-electron chi connectivity index (χ3n) is 2.61. The normalized spacial score (nSPS) is 14.7. The van der Waals surface area contributed by atoms with E-state index in [1.165, 1.54) is 12.0 Å². The van der Waals surface area contributed by atoms with Crippen molar-refractivity contribution < 1.29 is 0 Å². The van der Waals surface area contributed by atoms with E-state index < -0.39 is 0 Å². The van der Waals surface area contributed by atoms with Crippen LogP contribution < -0.4 is 5.32 Å². The van der Waals surface area contributed by atoms with Crippen molar-refractivity contribution in [1.82, 2.24) is 5.32 Å². The van der Waals surface area contributed by atoms with Gasteiger partial charge in [-0.25, -0.2) is 0 Å². The van der Waals surface area contributed by atoms with Gasteiger partial charge in [-0.15, -0.1) is 13.0 Å². The predicted octanol–water partition coefficient (Wildman–Crippen LogP) is 3.37. The Morgan fingerprint density at radius 1 is 1.53 bits per heavy atom. The number of hydrogen-bond donors (Lipinski definition) is 1. The van der Waals surface area contributed by atoms with Gasteiger partial charge in [0.25, 0.3) is 0 Å². The highest BCUT2D eigenvalue weighted by Crippen LogP contribution is 2.15. The number of hydrogen-bond acceptors (Lipinski definition) is 1. The van der Waals surface area contributed by atoms with Crippen molar-refractivity contribution in [3.63, 3.8) is 0 Å². The highest BCUT2D eigenvalue weighted by atomic mass is 14.9. The van der Waals surface area contributed by atoms with Crippen molar-refractivity contribution in [2.45, 2.75) is 52.5 Å². The zero-order valence-electron chi connectivity index (χ0n) is 10.7. The molecule has 0 bridgehead atoms. The molecule has 1 atom stereocenters. The van der Waals surface area contributed by atoms with Crippen LogP contribution in [0.5, 0.6) is 0 Å². The molecule has 1 N–H and O–H groups in total. The molecule has 0 heterocycles. The van der Waals surface area contributed by atoms with Crippen LogP contribution in [0.1, 0.15) is 47.0 Å². The summed E-state index contributed by atoms with van der Waals surface area (Å²) in [7, 11) is 0. The molecular formula is C14H25N. The van der Waals surface area contributed by atoms with E-state index in [-0.39, 0.29) is 5.54 Å². The number of nitrogens with one attached hydrogen (secondary N) is 1. The van der Waals surface area contributed by atoms with Crippen LogP contribution in [0.25, 0.3) is 0 Å². The Hall–Kier alpha value is -0.740. The highest BCUT2D eigenvalue weighted by molar-refractivity contribution is 5.11. The Bertz CT molecular complexity index is 234. The van der Waals surface area contributed by atoms with Crippen molar-refractivity contribution in [2.24, 2.45) is 5.92 Å². The average Bonchev–Trinajstić information content (AvgIpc) is 2.14. The van der Waals surface area contributed by atoms with Gasteiger partial charge in [0.05, 0.1) is 5.54 Å². The molecule has 86 valence electrons. The molecule has 0 aliphatic carbocycles. The quantitative estimate of drug-likeness (QED) is 0.498. The molecule has 0 aliphatic heterocycles. The minimum Gasteiger partial charge on any atom is -0.301 e. The molecule has 0 aliphatic rings. The summed E-state index contributed by atoms with van der Waals surface area (Å²) in [5.74, 6) is 3.58. The first-order valence-corrected chi connectivity index (χ1v) is 5.77. The first kappa shape index (κ1) is 14.3. The predicted molar refractivity (Wildman–Crippen MR) is 68.7 cm³/mol. The minimum atomic E-state index is -0.173. The first-order valence-electron chi connectivity index (χ1n) is 5.77. The van der Waals surface area contributed by atoms with Gasteiger partial charge < -0.3 is 5.32 Å². The second-order valence-electron chi connectivity index (χ2n) is 5.04. The molecule has 1 heteroatoms. The summed E-state index contributed by atoms with van der Waals surface area (Å²) in [6.45, 7) is 13.5. The minimum absolute atomic E-state index is 0.173. The maximum absolute atomic E-state index is 5.57. The third kappa shape index (κ3) is 7.22. The van der Waals surface area contributed by atoms with E-state index in [2.05, 4.69) is 38.6 Å². The highest BCUT2D eigenvalue weighted by Gasteiger charge is 2.19. The van der Waals surface area contributed by atoms with Gasteiger partial charge in [-0.1, -0.05) is 25.3 Å². The molecule has 0 spiro atoms. The zero-order chi connectivity index (χ0) is 11.9. The maximum atomic E-state index is 5.57. The van der Waals surface area contributed by atoms with Crippen LogP contribution >= 0.6 is 0 Å². The lowest BCUT2D eigenvalue weighted by molar-refractivity contribution is 0.401. The summed E-state index contributed by atoms with van der Waals surface area (Å²) in [4.78, 5) is 0. The molecule has 0 aromatic carbocycles. The van der Waals surface area contributed by atoms with Crippen molar-refractivity contribution >= 4 is 0 Å². The topological polar surface area (TPSA) is 12.0 Å². The van der Waals surface area contributed by atoms with Crippen LogP contribution in [0.15, 0.2) is 12.2 Å². The number of rotatable bonds is 7. The van der Waals surface area contributed by atoms with Gasteiger partial charge in [0.15, 0.2) is 0 Å². The van der Waals surface area contributed by atoms with Gasteiger partial charge in [0.2, 0.25) is 0 Å². The van der Waals surface area contributed by atoms with E-state index >= 15 is 0 Å². The van der Waals surface area contributed by atoms with Crippen molar-refractivity contribution in [3.8, 4) is 12.3 Å². The third-order valence-corrected chi connectivity index (χ3v) is 2.61. The molecule has 0 aromatic rings. The van der Waals surface area contributed by atoms with E-state index in [1.807, 2.05) is 6.92 Å². The molecule has 1 nitrogen and oxygen atoms in total. The Labute approximate surface area is 95.3 Å². The summed E-state index contributed by atoms with van der Waals surface area (Å²) in [6, 6.07) is 0. The van der Waals surface area contributed by atoms with Gasteiger partial charge in [-0.2, -0.15) is 0 Å². The van der Waals surface area contributed by atoms with Gasteiger partial charge in [0, 0.05) is 0 Å². The lowest BCUT2D eigenvalue weighted by Crippen LogP contribution is -2.41. The SMILES string of the molecule is C#CC(C)(CCC(=C)C)NCCC(C)C. The fourth-order valence-electron chi connectivity index (χ4n) is 1.31. The van der Waals surface area contributed by atoms with Crippen LogP contribution in [0.4, 0.5) is 0 Å². The molecule has 0 amide bonds. The standard InChI is InChI=1S/C14H25N/c1-7-14(6,10-8-12(2)3)15-11-9-13(4)5/h1,13,15H,2,8-11H2,3-6H3. The first-order chi connectivity index (χ1) is 6.89. The molecule has 1 unspecified atom stereocenters. The van der Waals surface area contributed by atoms with E-state index in [9.17, 15) is 0 Å². The summed E-state index contributed by atoms with van der Waals surface area (Å²) < 4.78 is 0. The largest absolute Gasteiger partial charge is 0.301 e. The van der Waals surface area contributed by atoms with Gasteiger partial charge in [-0.05, 0) is 45.6 Å². The van der Waals surface area contributed by atoms with Crippen LogP contribution in [0, 0.1) is 18.3 Å². The van der Waals surface area contributed by atoms with Crippen LogP contribution in [0.3, 0.4) is 0 Å². The molecule has 0 rings (SSSR count). The second kappa shape index (κ2) is 6.69. The molecule has 0 saturated carbocycles. The average molecular weight is 207 g/mol. The fourth-order valence-corrected chi connectivity index (χ4v) is 1.31. The molecule has 0 radical (unpaired) electrons. The number of allylic oxidation sites excluding steroid dienone is 1. The van der Waals surface area contributed by atoms with E-state index in [0.29, 0.717) is 0 Å². The van der Waals surface area contributed by atoms with Crippen LogP contribution in [0.2, 0.25) is 0 Å². The fraction of sp³-hybridized carbons (Fsp3) is 0.714. The molecule has 15 heavy (non-hydrogen) atoms. The number of terminal acetylenes is 1. The van der Waals surface area contributed by atoms with Crippen molar-refractivity contribution in [3.05, 3.63) is 12.2 Å². The summed E-state index contributed by atoms with van der Waals surface area (Å²) in [5.41, 5.74) is 1.02. The van der Waals surface area contributed by atoms with E-state index in [0.717, 1.165) is 25.3 Å². The second-order valence-corrected chi connectivity index (χ2v) is 5.04. The Balaban J connectivity index is 3.97. The van der Waals surface area contributed by atoms with E-state index in [1.54, 1.807) is 0 Å². The van der Waals surface area contributed by atoms with Gasteiger partial charge >= 0.3 is 0 Å². The van der Waals surface area contributed by atoms with E-state index in [4.69, 9.17) is 6.42 Å². The molecule has 0 aromatic heterocycles. The van der Waals surface area contributed by atoms with Crippen molar-refractivity contribution in [1.29, 1.82) is 0 Å². The molecule has 0 fully saturated rings. The lowest BCUT2D eigenvalue weighted by atomic mass is 9.94. The maximum Gasteiger partial charge on any atom is 0.0772 e.